The van der Waals surface area contributed by atoms with Crippen molar-refractivity contribution in [2.75, 3.05) is 11.0 Å². The lowest BCUT2D eigenvalue weighted by molar-refractivity contribution is -0.139. The highest BCUT2D eigenvalue weighted by Crippen LogP contribution is 2.18. The largest absolute Gasteiger partial charge is 0.480 e. The molecule has 0 aliphatic heterocycles. The second kappa shape index (κ2) is 6.53. The molecule has 0 aliphatic rings. The normalized spacial score (nSPS) is 12.5. The predicted octanol–water partition coefficient (Wildman–Crippen LogP) is 0.790. The highest BCUT2D eigenvalue weighted by atomic mass is 32.2. The second-order valence-corrected chi connectivity index (χ2v) is 6.09. The molecule has 9 heteroatoms. The van der Waals surface area contributed by atoms with Crippen molar-refractivity contribution in [2.24, 2.45) is 0 Å². The van der Waals surface area contributed by atoms with Gasteiger partial charge in [-0.2, -0.15) is 0 Å². The van der Waals surface area contributed by atoms with Crippen molar-refractivity contribution in [3.05, 3.63) is 29.6 Å². The van der Waals surface area contributed by atoms with E-state index in [1.54, 1.807) is 6.92 Å². The molecule has 0 spiro atoms. The summed E-state index contributed by atoms with van der Waals surface area (Å²) in [5.41, 5.74) is -0.420. The molecule has 0 radical (unpaired) electrons. The molecule has 116 valence electrons. The third-order valence-corrected chi connectivity index (χ3v) is 3.12. The zero-order chi connectivity index (χ0) is 16.2. The summed E-state index contributed by atoms with van der Waals surface area (Å²) in [6.07, 6.45) is 1.01. The lowest BCUT2D eigenvalue weighted by Crippen LogP contribution is -2.40. The van der Waals surface area contributed by atoms with E-state index in [-0.39, 0.29) is 17.7 Å². The molecule has 0 fully saturated rings. The number of rotatable bonds is 6. The Morgan fingerprint density at radius 2 is 2.00 bits per heavy atom. The van der Waals surface area contributed by atoms with Crippen molar-refractivity contribution in [3.63, 3.8) is 0 Å². The molecule has 3 N–H and O–H groups in total. The van der Waals surface area contributed by atoms with E-state index >= 15 is 0 Å². The molecule has 21 heavy (non-hydrogen) atoms. The maximum atomic E-state index is 13.2. The molecule has 0 bridgehead atoms. The van der Waals surface area contributed by atoms with Crippen LogP contribution in [-0.2, 0) is 14.8 Å². The Morgan fingerprint density at radius 3 is 2.48 bits per heavy atom. The molecule has 7 nitrogen and oxygen atoms in total. The molecule has 0 saturated heterocycles. The van der Waals surface area contributed by atoms with Gasteiger partial charge in [-0.1, -0.05) is 6.92 Å². The van der Waals surface area contributed by atoms with Crippen LogP contribution in [0, 0.1) is 5.82 Å². The Labute approximate surface area is 121 Å². The van der Waals surface area contributed by atoms with Crippen LogP contribution < -0.4 is 10.0 Å². The fraction of sp³-hybridized carbons (Fsp3) is 0.333. The molecule has 0 aromatic heterocycles. The Hall–Kier alpha value is -2.16. The average Bonchev–Trinajstić information content (AvgIpc) is 2.35. The van der Waals surface area contributed by atoms with E-state index in [4.69, 9.17) is 5.11 Å². The first-order valence-corrected chi connectivity index (χ1v) is 7.84. The third kappa shape index (κ3) is 5.03. The van der Waals surface area contributed by atoms with Crippen LogP contribution >= 0.6 is 0 Å². The van der Waals surface area contributed by atoms with Gasteiger partial charge in [0, 0.05) is 0 Å². The fourth-order valence-corrected chi connectivity index (χ4v) is 2.14. The van der Waals surface area contributed by atoms with Crippen molar-refractivity contribution < 1.29 is 27.5 Å². The van der Waals surface area contributed by atoms with E-state index in [2.05, 4.69) is 10.0 Å². The summed E-state index contributed by atoms with van der Waals surface area (Å²) in [5.74, 6) is -2.86. The van der Waals surface area contributed by atoms with Crippen LogP contribution in [0.2, 0.25) is 0 Å². The van der Waals surface area contributed by atoms with Crippen LogP contribution in [0.5, 0.6) is 0 Å². The Kier molecular flexibility index (Phi) is 5.25. The zero-order valence-electron chi connectivity index (χ0n) is 11.4. The lowest BCUT2D eigenvalue weighted by atomic mass is 10.1. The second-order valence-electron chi connectivity index (χ2n) is 4.34. The van der Waals surface area contributed by atoms with Gasteiger partial charge in [-0.15, -0.1) is 0 Å². The number of carboxylic acid groups (broad SMARTS) is 1. The topological polar surface area (TPSA) is 113 Å². The van der Waals surface area contributed by atoms with Crippen molar-refractivity contribution >= 4 is 27.6 Å². The number of amides is 1. The summed E-state index contributed by atoms with van der Waals surface area (Å²) < 4.78 is 37.8. The van der Waals surface area contributed by atoms with E-state index in [1.807, 2.05) is 0 Å². The van der Waals surface area contributed by atoms with Gasteiger partial charge in [0.15, 0.2) is 0 Å². The number of hydrogen-bond acceptors (Lipinski definition) is 4. The summed E-state index contributed by atoms with van der Waals surface area (Å²) in [5, 5.41) is 11.1. The Bertz CT molecular complexity index is 660. The number of anilines is 1. The minimum atomic E-state index is -3.67. The van der Waals surface area contributed by atoms with Gasteiger partial charge in [0.2, 0.25) is 10.0 Å². The smallest absolute Gasteiger partial charge is 0.326 e. The molecule has 0 heterocycles. The van der Waals surface area contributed by atoms with E-state index in [0.717, 1.165) is 24.5 Å². The van der Waals surface area contributed by atoms with Crippen LogP contribution in [0.1, 0.15) is 23.7 Å². The first kappa shape index (κ1) is 16.9. The molecular weight excluding hydrogens is 303 g/mol. The maximum Gasteiger partial charge on any atom is 0.326 e. The Balaban J connectivity index is 3.13. The van der Waals surface area contributed by atoms with E-state index in [1.165, 1.54) is 0 Å². The van der Waals surface area contributed by atoms with Crippen molar-refractivity contribution in [1.82, 2.24) is 5.32 Å². The molecule has 0 aliphatic carbocycles. The Morgan fingerprint density at radius 1 is 1.38 bits per heavy atom. The predicted molar refractivity (Wildman–Crippen MR) is 74.0 cm³/mol. The van der Waals surface area contributed by atoms with Crippen LogP contribution in [0.15, 0.2) is 18.2 Å². The van der Waals surface area contributed by atoms with Gasteiger partial charge >= 0.3 is 5.97 Å². The highest BCUT2D eigenvalue weighted by molar-refractivity contribution is 7.92. The molecule has 1 aromatic rings. The molecule has 1 rings (SSSR count). The van der Waals surface area contributed by atoms with Gasteiger partial charge in [-0.05, 0) is 24.6 Å². The first-order valence-electron chi connectivity index (χ1n) is 5.95. The summed E-state index contributed by atoms with van der Waals surface area (Å²) in [6, 6.07) is 1.76. The number of halogens is 1. The zero-order valence-corrected chi connectivity index (χ0v) is 12.2. The van der Waals surface area contributed by atoms with E-state index in [9.17, 15) is 22.4 Å². The highest BCUT2D eigenvalue weighted by Gasteiger charge is 2.21. The van der Waals surface area contributed by atoms with Crippen LogP contribution in [0.25, 0.3) is 0 Å². The van der Waals surface area contributed by atoms with Crippen LogP contribution in [0.3, 0.4) is 0 Å². The van der Waals surface area contributed by atoms with Crippen LogP contribution in [-0.4, -0.2) is 37.7 Å². The van der Waals surface area contributed by atoms with Gasteiger partial charge in [0.1, 0.15) is 11.9 Å². The number of carbonyl (C=O) groups excluding carboxylic acids is 1. The molecule has 1 atom stereocenters. The van der Waals surface area contributed by atoms with Gasteiger partial charge in [0.05, 0.1) is 17.5 Å². The minimum absolute atomic E-state index is 0.128. The number of benzene rings is 1. The molecule has 0 saturated carbocycles. The number of sulfonamides is 1. The van der Waals surface area contributed by atoms with Gasteiger partial charge in [-0.3, -0.25) is 9.52 Å². The lowest BCUT2D eigenvalue weighted by Gasteiger charge is -2.15. The number of nitrogens with one attached hydrogen (secondary N) is 2. The molecule has 1 amide bonds. The molecule has 0 unspecified atom stereocenters. The standard InChI is InChI=1S/C12H15FN2O5S/c1-3-9(12(17)18)14-11(16)8-6-7(13)4-5-10(8)15-21(2,19)20/h4-6,9,15H,3H2,1-2H3,(H,14,16)(H,17,18)/t9-/m0/s1. The first-order chi connectivity index (χ1) is 9.64. The third-order valence-electron chi connectivity index (χ3n) is 2.53. The summed E-state index contributed by atoms with van der Waals surface area (Å²) >= 11 is 0. The van der Waals surface area contributed by atoms with Gasteiger partial charge in [0.25, 0.3) is 5.91 Å². The minimum Gasteiger partial charge on any atom is -0.480 e. The SMILES string of the molecule is CC[C@H](NC(=O)c1cc(F)ccc1NS(C)(=O)=O)C(=O)O. The summed E-state index contributed by atoms with van der Waals surface area (Å²) in [7, 11) is -3.67. The van der Waals surface area contributed by atoms with Gasteiger partial charge in [-0.25, -0.2) is 17.6 Å². The summed E-state index contributed by atoms with van der Waals surface area (Å²) in [6.45, 7) is 1.56. The number of hydrogen-bond donors (Lipinski definition) is 3. The van der Waals surface area contributed by atoms with Crippen molar-refractivity contribution in [3.8, 4) is 0 Å². The van der Waals surface area contributed by atoms with Crippen molar-refractivity contribution in [2.45, 2.75) is 19.4 Å². The number of carboxylic acids is 1. The average molecular weight is 318 g/mol. The summed E-state index contributed by atoms with van der Waals surface area (Å²) in [4.78, 5) is 22.9. The van der Waals surface area contributed by atoms with E-state index in [0.29, 0.717) is 0 Å². The number of aliphatic carboxylic acids is 1. The van der Waals surface area contributed by atoms with Crippen LogP contribution in [0.4, 0.5) is 10.1 Å². The number of carbonyl (C=O) groups is 2. The quantitative estimate of drug-likeness (QED) is 0.718. The van der Waals surface area contributed by atoms with Crippen molar-refractivity contribution in [1.29, 1.82) is 0 Å². The van der Waals surface area contributed by atoms with Gasteiger partial charge < -0.3 is 10.4 Å². The fourth-order valence-electron chi connectivity index (χ4n) is 1.57. The maximum absolute atomic E-state index is 13.2. The van der Waals surface area contributed by atoms with E-state index < -0.39 is 33.8 Å². The molecular formula is C12H15FN2O5S. The molecule has 1 aromatic carbocycles. The monoisotopic (exact) mass is 318 g/mol.